The molecule has 0 aliphatic carbocycles. The van der Waals surface area contributed by atoms with E-state index in [2.05, 4.69) is 21.3 Å². The molecule has 29 heavy (non-hydrogen) atoms. The molecule has 7 nitrogen and oxygen atoms in total. The number of anilines is 1. The van der Waals surface area contributed by atoms with Crippen LogP contribution in [0.4, 0.5) is 5.82 Å². The monoisotopic (exact) mass is 419 g/mol. The van der Waals surface area contributed by atoms with E-state index in [1.165, 1.54) is 17.7 Å². The summed E-state index contributed by atoms with van der Waals surface area (Å²) >= 11 is 5.94. The molecule has 1 aliphatic rings. The summed E-state index contributed by atoms with van der Waals surface area (Å²) < 4.78 is 11.0. The number of nitrogens with one attached hydrogen (secondary N) is 1. The molecule has 1 fully saturated rings. The van der Waals surface area contributed by atoms with Crippen molar-refractivity contribution in [2.75, 3.05) is 32.1 Å². The zero-order valence-electron chi connectivity index (χ0n) is 16.7. The zero-order chi connectivity index (χ0) is 20.8. The molecule has 1 aromatic heterocycles. The molecule has 8 heteroatoms. The Balaban J connectivity index is 1.56. The van der Waals surface area contributed by atoms with Crippen molar-refractivity contribution in [2.45, 2.75) is 32.4 Å². The van der Waals surface area contributed by atoms with Gasteiger partial charge in [0.2, 0.25) is 0 Å². The molecule has 1 aliphatic heterocycles. The van der Waals surface area contributed by atoms with Gasteiger partial charge in [0.25, 0.3) is 0 Å². The zero-order valence-corrected chi connectivity index (χ0v) is 17.4. The number of methoxy groups -OCH3 is 1. The lowest BCUT2D eigenvalue weighted by Crippen LogP contribution is -2.38. The molecule has 2 N–H and O–H groups in total. The second-order valence-corrected chi connectivity index (χ2v) is 7.37. The molecule has 0 saturated carbocycles. The maximum Gasteiger partial charge on any atom is 0.335 e. The van der Waals surface area contributed by atoms with Crippen LogP contribution in [0.15, 0.2) is 30.3 Å². The predicted molar refractivity (Wildman–Crippen MR) is 112 cm³/mol. The number of halogens is 1. The van der Waals surface area contributed by atoms with Crippen molar-refractivity contribution in [3.8, 4) is 11.5 Å². The van der Waals surface area contributed by atoms with Gasteiger partial charge in [0.1, 0.15) is 11.0 Å². The smallest absolute Gasteiger partial charge is 0.335 e. The second-order valence-electron chi connectivity index (χ2n) is 6.98. The molecule has 0 atom stereocenters. The van der Waals surface area contributed by atoms with Gasteiger partial charge in [-0.25, -0.2) is 9.78 Å². The highest BCUT2D eigenvalue weighted by molar-refractivity contribution is 6.29. The Labute approximate surface area is 175 Å². The lowest BCUT2D eigenvalue weighted by molar-refractivity contribution is 0.0696. The fourth-order valence-electron chi connectivity index (χ4n) is 3.48. The average molecular weight is 420 g/mol. The summed E-state index contributed by atoms with van der Waals surface area (Å²) in [5, 5.41) is 12.7. The molecule has 0 radical (unpaired) electrons. The first-order valence-electron chi connectivity index (χ1n) is 9.68. The predicted octanol–water partition coefficient (Wildman–Crippen LogP) is 3.92. The summed E-state index contributed by atoms with van der Waals surface area (Å²) in [5.74, 6) is 1.00. The summed E-state index contributed by atoms with van der Waals surface area (Å²) in [4.78, 5) is 17.8. The number of aromatic carboxylic acids is 1. The van der Waals surface area contributed by atoms with Gasteiger partial charge in [-0.3, -0.25) is 4.90 Å². The summed E-state index contributed by atoms with van der Waals surface area (Å²) in [5.41, 5.74) is 1.32. The number of carbonyl (C=O) groups is 1. The SMILES string of the molecule is CCOc1cc(CN2CCC(Nc3cc(C(=O)O)cc(Cl)n3)CC2)ccc1OC. The number of pyridine rings is 1. The largest absolute Gasteiger partial charge is 0.493 e. The number of carboxylic acids is 1. The maximum atomic E-state index is 11.2. The Kier molecular flexibility index (Phi) is 7.17. The van der Waals surface area contributed by atoms with Gasteiger partial charge >= 0.3 is 5.97 Å². The van der Waals surface area contributed by atoms with E-state index in [0.717, 1.165) is 44.0 Å². The van der Waals surface area contributed by atoms with Crippen LogP contribution < -0.4 is 14.8 Å². The Morgan fingerprint density at radius 1 is 1.28 bits per heavy atom. The van der Waals surface area contributed by atoms with Crippen LogP contribution in [-0.2, 0) is 6.54 Å². The Morgan fingerprint density at radius 2 is 2.03 bits per heavy atom. The van der Waals surface area contributed by atoms with E-state index >= 15 is 0 Å². The third-order valence-electron chi connectivity index (χ3n) is 4.91. The summed E-state index contributed by atoms with van der Waals surface area (Å²) in [6.45, 7) is 5.26. The molecule has 0 amide bonds. The molecule has 2 heterocycles. The number of piperidine rings is 1. The number of ether oxygens (including phenoxy) is 2. The molecule has 3 rings (SSSR count). The number of hydrogen-bond donors (Lipinski definition) is 2. The van der Waals surface area contributed by atoms with Crippen LogP contribution in [0, 0.1) is 0 Å². The van der Waals surface area contributed by atoms with Crippen LogP contribution in [0.2, 0.25) is 5.15 Å². The minimum atomic E-state index is -1.02. The molecule has 1 saturated heterocycles. The number of hydrogen-bond acceptors (Lipinski definition) is 6. The van der Waals surface area contributed by atoms with Gasteiger partial charge in [0, 0.05) is 25.7 Å². The van der Waals surface area contributed by atoms with Gasteiger partial charge in [-0.2, -0.15) is 0 Å². The standard InChI is InChI=1S/C21H26ClN3O4/c1-3-29-18-10-14(4-5-17(18)28-2)13-25-8-6-16(7-9-25)23-20-12-15(21(26)27)11-19(22)24-20/h4-5,10-12,16H,3,6-9,13H2,1-2H3,(H,23,24)(H,26,27). The van der Waals surface area contributed by atoms with E-state index in [0.29, 0.717) is 12.4 Å². The quantitative estimate of drug-likeness (QED) is 0.627. The Bertz CT molecular complexity index is 854. The van der Waals surface area contributed by atoms with Gasteiger partial charge in [-0.05, 0) is 49.6 Å². The first-order chi connectivity index (χ1) is 14.0. The van der Waals surface area contributed by atoms with Crippen LogP contribution in [0.1, 0.15) is 35.7 Å². The van der Waals surface area contributed by atoms with Gasteiger partial charge in [0.05, 0.1) is 19.3 Å². The first-order valence-corrected chi connectivity index (χ1v) is 10.1. The van der Waals surface area contributed by atoms with E-state index in [9.17, 15) is 4.79 Å². The average Bonchev–Trinajstić information content (AvgIpc) is 2.69. The van der Waals surface area contributed by atoms with Crippen molar-refractivity contribution in [1.29, 1.82) is 0 Å². The molecule has 156 valence electrons. The van der Waals surface area contributed by atoms with Crippen LogP contribution >= 0.6 is 11.6 Å². The molecule has 0 unspecified atom stereocenters. The van der Waals surface area contributed by atoms with Crippen molar-refractivity contribution in [1.82, 2.24) is 9.88 Å². The van der Waals surface area contributed by atoms with Crippen LogP contribution in [0.5, 0.6) is 11.5 Å². The lowest BCUT2D eigenvalue weighted by atomic mass is 10.0. The highest BCUT2D eigenvalue weighted by Crippen LogP contribution is 2.29. The molecule has 0 spiro atoms. The fraction of sp³-hybridized carbons (Fsp3) is 0.429. The number of aromatic nitrogens is 1. The van der Waals surface area contributed by atoms with Gasteiger partial charge in [0.15, 0.2) is 11.5 Å². The fourth-order valence-corrected chi connectivity index (χ4v) is 3.69. The third-order valence-corrected chi connectivity index (χ3v) is 5.11. The topological polar surface area (TPSA) is 83.9 Å². The molecular weight excluding hydrogens is 394 g/mol. The van der Waals surface area contributed by atoms with Crippen molar-refractivity contribution >= 4 is 23.4 Å². The number of nitrogens with zero attached hydrogens (tertiary/aromatic N) is 2. The van der Waals surface area contributed by atoms with Crippen LogP contribution in [-0.4, -0.2) is 53.8 Å². The number of likely N-dealkylation sites (tertiary alicyclic amines) is 1. The Morgan fingerprint density at radius 3 is 2.69 bits per heavy atom. The van der Waals surface area contributed by atoms with E-state index in [4.69, 9.17) is 26.2 Å². The highest BCUT2D eigenvalue weighted by Gasteiger charge is 2.20. The highest BCUT2D eigenvalue weighted by atomic mass is 35.5. The maximum absolute atomic E-state index is 11.2. The van der Waals surface area contributed by atoms with Crippen molar-refractivity contribution < 1.29 is 19.4 Å². The van der Waals surface area contributed by atoms with Gasteiger partial charge < -0.3 is 19.9 Å². The first kappa shape index (κ1) is 21.2. The minimum absolute atomic E-state index is 0.134. The van der Waals surface area contributed by atoms with Crippen LogP contribution in [0.25, 0.3) is 0 Å². The van der Waals surface area contributed by atoms with Crippen molar-refractivity contribution in [3.63, 3.8) is 0 Å². The second kappa shape index (κ2) is 9.80. The van der Waals surface area contributed by atoms with Crippen LogP contribution in [0.3, 0.4) is 0 Å². The Hall–Kier alpha value is -2.51. The molecule has 0 bridgehead atoms. The van der Waals surface area contributed by atoms with Crippen molar-refractivity contribution in [2.24, 2.45) is 0 Å². The summed E-state index contributed by atoms with van der Waals surface area (Å²) in [6.07, 6.45) is 1.87. The van der Waals surface area contributed by atoms with E-state index in [1.54, 1.807) is 7.11 Å². The molecule has 1 aromatic carbocycles. The normalized spacial score (nSPS) is 15.1. The number of rotatable bonds is 8. The van der Waals surface area contributed by atoms with Gasteiger partial charge in [-0.1, -0.05) is 17.7 Å². The summed E-state index contributed by atoms with van der Waals surface area (Å²) in [6, 6.07) is 9.15. The van der Waals surface area contributed by atoms with E-state index < -0.39 is 5.97 Å². The van der Waals surface area contributed by atoms with E-state index in [-0.39, 0.29) is 16.8 Å². The number of benzene rings is 1. The van der Waals surface area contributed by atoms with E-state index in [1.807, 2.05) is 19.1 Å². The minimum Gasteiger partial charge on any atom is -0.493 e. The molecule has 2 aromatic rings. The van der Waals surface area contributed by atoms with Crippen molar-refractivity contribution in [3.05, 3.63) is 46.6 Å². The third kappa shape index (κ3) is 5.74. The number of carboxylic acid groups (broad SMARTS) is 1. The van der Waals surface area contributed by atoms with Gasteiger partial charge in [-0.15, -0.1) is 0 Å². The summed E-state index contributed by atoms with van der Waals surface area (Å²) in [7, 11) is 1.64. The molecular formula is C21H26ClN3O4. The lowest BCUT2D eigenvalue weighted by Gasteiger charge is -2.32.